The molecule has 188 valence electrons. The van der Waals surface area contributed by atoms with E-state index in [-0.39, 0.29) is 41.5 Å². The van der Waals surface area contributed by atoms with E-state index in [2.05, 4.69) is 12.2 Å². The minimum Gasteiger partial charge on any atom is -0.379 e. The van der Waals surface area contributed by atoms with Crippen molar-refractivity contribution in [1.29, 1.82) is 0 Å². The number of carbonyl (C=O) groups excluding carboxylic acids is 1. The van der Waals surface area contributed by atoms with Gasteiger partial charge in [-0.25, -0.2) is 8.42 Å². The highest BCUT2D eigenvalue weighted by molar-refractivity contribution is 7.89. The van der Waals surface area contributed by atoms with Crippen molar-refractivity contribution in [2.75, 3.05) is 44.3 Å². The van der Waals surface area contributed by atoms with Crippen LogP contribution in [0, 0.1) is 22.0 Å². The van der Waals surface area contributed by atoms with Crippen molar-refractivity contribution in [3.05, 3.63) is 28.3 Å². The van der Waals surface area contributed by atoms with Crippen molar-refractivity contribution in [3.8, 4) is 0 Å². The van der Waals surface area contributed by atoms with Gasteiger partial charge >= 0.3 is 0 Å². The number of morpholine rings is 1. The summed E-state index contributed by atoms with van der Waals surface area (Å²) in [7, 11) is -3.83. The van der Waals surface area contributed by atoms with Gasteiger partial charge in [0.2, 0.25) is 15.9 Å². The van der Waals surface area contributed by atoms with Crippen molar-refractivity contribution in [2.45, 2.75) is 56.4 Å². The molecule has 2 heterocycles. The third-order valence-corrected chi connectivity index (χ3v) is 9.29. The molecule has 1 saturated carbocycles. The van der Waals surface area contributed by atoms with Gasteiger partial charge in [0, 0.05) is 44.2 Å². The zero-order chi connectivity index (χ0) is 24.3. The van der Waals surface area contributed by atoms with Crippen LogP contribution in [-0.4, -0.2) is 69.0 Å². The molecule has 1 aromatic carbocycles. The van der Waals surface area contributed by atoms with Crippen LogP contribution < -0.4 is 10.2 Å². The Morgan fingerprint density at radius 3 is 2.41 bits per heavy atom. The van der Waals surface area contributed by atoms with Crippen molar-refractivity contribution in [1.82, 2.24) is 9.62 Å². The Morgan fingerprint density at radius 1 is 1.09 bits per heavy atom. The Morgan fingerprint density at radius 2 is 1.76 bits per heavy atom. The van der Waals surface area contributed by atoms with E-state index in [0.717, 1.165) is 25.3 Å². The lowest BCUT2D eigenvalue weighted by molar-refractivity contribution is -0.384. The van der Waals surface area contributed by atoms with Crippen LogP contribution in [0.3, 0.4) is 0 Å². The summed E-state index contributed by atoms with van der Waals surface area (Å²) in [5.74, 6) is 0.470. The maximum Gasteiger partial charge on any atom is 0.293 e. The molecule has 0 spiro atoms. The number of piperidine rings is 1. The highest BCUT2D eigenvalue weighted by Gasteiger charge is 2.33. The Balaban J connectivity index is 1.43. The van der Waals surface area contributed by atoms with E-state index in [1.54, 1.807) is 0 Å². The normalized spacial score (nSPS) is 25.1. The molecule has 0 radical (unpaired) electrons. The summed E-state index contributed by atoms with van der Waals surface area (Å²) in [6, 6.07) is 4.36. The fourth-order valence-corrected chi connectivity index (χ4v) is 6.66. The Labute approximate surface area is 200 Å². The summed E-state index contributed by atoms with van der Waals surface area (Å²) in [6.45, 7) is 4.28. The van der Waals surface area contributed by atoms with Crippen LogP contribution in [0.25, 0.3) is 0 Å². The van der Waals surface area contributed by atoms with Gasteiger partial charge in [-0.15, -0.1) is 0 Å². The van der Waals surface area contributed by atoms with Gasteiger partial charge in [0.15, 0.2) is 0 Å². The van der Waals surface area contributed by atoms with E-state index < -0.39 is 14.9 Å². The number of anilines is 1. The van der Waals surface area contributed by atoms with E-state index in [1.165, 1.54) is 22.9 Å². The van der Waals surface area contributed by atoms with Gasteiger partial charge in [-0.05, 0) is 43.7 Å². The van der Waals surface area contributed by atoms with E-state index in [1.807, 2.05) is 4.90 Å². The highest BCUT2D eigenvalue weighted by atomic mass is 32.2. The first kappa shape index (κ1) is 24.9. The maximum absolute atomic E-state index is 12.9. The fraction of sp³-hybridized carbons (Fsp3) is 0.696. The summed E-state index contributed by atoms with van der Waals surface area (Å²) in [5.41, 5.74) is 0.166. The number of hydrogen-bond donors (Lipinski definition) is 1. The molecule has 4 rings (SSSR count). The van der Waals surface area contributed by atoms with Gasteiger partial charge in [-0.2, -0.15) is 4.31 Å². The summed E-state index contributed by atoms with van der Waals surface area (Å²) < 4.78 is 32.4. The molecule has 2 saturated heterocycles. The first-order chi connectivity index (χ1) is 16.3. The van der Waals surface area contributed by atoms with Crippen molar-refractivity contribution in [3.63, 3.8) is 0 Å². The lowest BCUT2D eigenvalue weighted by Gasteiger charge is -2.35. The van der Waals surface area contributed by atoms with Crippen LogP contribution in [0.15, 0.2) is 23.1 Å². The van der Waals surface area contributed by atoms with Crippen LogP contribution in [0.1, 0.15) is 45.4 Å². The largest absolute Gasteiger partial charge is 0.379 e. The summed E-state index contributed by atoms with van der Waals surface area (Å²) in [5, 5.41) is 15.1. The molecule has 1 N–H and O–H groups in total. The molecule has 1 amide bonds. The first-order valence-electron chi connectivity index (χ1n) is 12.2. The Bertz CT molecular complexity index is 1000. The van der Waals surface area contributed by atoms with Gasteiger partial charge in [-0.1, -0.05) is 19.8 Å². The Hall–Kier alpha value is -2.24. The van der Waals surface area contributed by atoms with E-state index in [4.69, 9.17) is 4.74 Å². The molecular weight excluding hydrogens is 460 g/mol. The predicted molar refractivity (Wildman–Crippen MR) is 127 cm³/mol. The number of ether oxygens (including phenoxy) is 1. The number of nitro benzene ring substituents is 1. The van der Waals surface area contributed by atoms with Crippen LogP contribution in [0.4, 0.5) is 11.4 Å². The maximum atomic E-state index is 12.9. The first-order valence-corrected chi connectivity index (χ1v) is 13.6. The highest BCUT2D eigenvalue weighted by Crippen LogP contribution is 2.34. The second-order valence-corrected chi connectivity index (χ2v) is 11.5. The number of rotatable bonds is 6. The number of nitro groups is 1. The number of nitrogens with one attached hydrogen (secondary N) is 1. The smallest absolute Gasteiger partial charge is 0.293 e. The molecule has 2 atom stereocenters. The zero-order valence-electron chi connectivity index (χ0n) is 19.6. The molecule has 3 aliphatic rings. The van der Waals surface area contributed by atoms with Crippen molar-refractivity contribution < 1.29 is 22.9 Å². The van der Waals surface area contributed by atoms with Gasteiger partial charge in [-0.3, -0.25) is 14.9 Å². The standard InChI is InChI=1S/C23H34N4O6S/c1-17-4-2-3-5-20(17)24-23(28)18-8-10-25(11-9-18)21-7-6-19(16-22(21)27(29)30)34(31,32)26-12-14-33-15-13-26/h6-7,16-18,20H,2-5,8-15H2,1H3,(H,24,28). The average Bonchev–Trinajstić information content (AvgIpc) is 2.85. The number of benzene rings is 1. The molecule has 3 fully saturated rings. The molecule has 34 heavy (non-hydrogen) atoms. The fourth-order valence-electron chi connectivity index (χ4n) is 5.23. The topological polar surface area (TPSA) is 122 Å². The minimum absolute atomic E-state index is 0.0827. The molecular formula is C23H34N4O6S. The summed E-state index contributed by atoms with van der Waals surface area (Å²) in [4.78, 5) is 25.9. The quantitative estimate of drug-likeness (QED) is 0.476. The third kappa shape index (κ3) is 5.36. The second kappa shape index (κ2) is 10.6. The molecule has 2 unspecified atom stereocenters. The monoisotopic (exact) mass is 494 g/mol. The second-order valence-electron chi connectivity index (χ2n) is 9.56. The number of sulfonamides is 1. The van der Waals surface area contributed by atoms with Crippen molar-refractivity contribution in [2.24, 2.45) is 11.8 Å². The van der Waals surface area contributed by atoms with Gasteiger partial charge in [0.05, 0.1) is 23.0 Å². The van der Waals surface area contributed by atoms with Crippen LogP contribution in [0.5, 0.6) is 0 Å². The molecule has 1 aromatic rings. The van der Waals surface area contributed by atoms with Crippen LogP contribution in [-0.2, 0) is 19.6 Å². The lowest BCUT2D eigenvalue weighted by atomic mass is 9.85. The van der Waals surface area contributed by atoms with Crippen molar-refractivity contribution >= 4 is 27.3 Å². The third-order valence-electron chi connectivity index (χ3n) is 7.40. The minimum atomic E-state index is -3.83. The number of amides is 1. The SMILES string of the molecule is CC1CCCCC1NC(=O)C1CCN(c2ccc(S(=O)(=O)N3CCOCC3)cc2[N+](=O)[O-])CC1. The predicted octanol–water partition coefficient (Wildman–Crippen LogP) is 2.53. The summed E-state index contributed by atoms with van der Waals surface area (Å²) in [6.07, 6.45) is 5.75. The molecule has 1 aliphatic carbocycles. The Kier molecular flexibility index (Phi) is 7.73. The number of carbonyl (C=O) groups is 1. The lowest BCUT2D eigenvalue weighted by Crippen LogP contribution is -2.46. The number of nitrogens with zero attached hydrogens (tertiary/aromatic N) is 3. The van der Waals surface area contributed by atoms with Crippen LogP contribution in [0.2, 0.25) is 0 Å². The van der Waals surface area contributed by atoms with Gasteiger partial charge < -0.3 is 15.0 Å². The molecule has 10 nitrogen and oxygen atoms in total. The van der Waals surface area contributed by atoms with Gasteiger partial charge in [0.1, 0.15) is 5.69 Å². The molecule has 0 bridgehead atoms. The van der Waals surface area contributed by atoms with Crippen LogP contribution >= 0.6 is 0 Å². The van der Waals surface area contributed by atoms with E-state index in [9.17, 15) is 23.3 Å². The molecule has 0 aromatic heterocycles. The van der Waals surface area contributed by atoms with E-state index >= 15 is 0 Å². The average molecular weight is 495 g/mol. The summed E-state index contributed by atoms with van der Waals surface area (Å²) >= 11 is 0. The number of hydrogen-bond acceptors (Lipinski definition) is 7. The molecule has 11 heteroatoms. The van der Waals surface area contributed by atoms with Gasteiger partial charge in [0.25, 0.3) is 5.69 Å². The van der Waals surface area contributed by atoms with E-state index in [0.29, 0.717) is 50.8 Å². The zero-order valence-corrected chi connectivity index (χ0v) is 20.5. The molecule has 2 aliphatic heterocycles.